The van der Waals surface area contributed by atoms with Crippen LogP contribution in [0.2, 0.25) is 0 Å². The summed E-state index contributed by atoms with van der Waals surface area (Å²) >= 11 is 0. The number of aliphatic hydroxyl groups is 1. The summed E-state index contributed by atoms with van der Waals surface area (Å²) in [7, 11) is 1.68. The zero-order valence-electron chi connectivity index (χ0n) is 14.4. The van der Waals surface area contributed by atoms with E-state index in [4.69, 9.17) is 4.74 Å². The first kappa shape index (κ1) is 17.5. The predicted octanol–water partition coefficient (Wildman–Crippen LogP) is 2.76. The van der Waals surface area contributed by atoms with Crippen LogP contribution < -0.4 is 0 Å². The van der Waals surface area contributed by atoms with Crippen molar-refractivity contribution in [1.29, 1.82) is 0 Å². The lowest BCUT2D eigenvalue weighted by Crippen LogP contribution is -2.55. The highest BCUT2D eigenvalue weighted by Gasteiger charge is 2.48. The van der Waals surface area contributed by atoms with Crippen molar-refractivity contribution < 1.29 is 14.6 Å². The second-order valence-corrected chi connectivity index (χ2v) is 7.54. The average molecular weight is 309 g/mol. The van der Waals surface area contributed by atoms with Crippen molar-refractivity contribution in [2.75, 3.05) is 33.4 Å². The first-order chi connectivity index (χ1) is 10.5. The Hall–Kier alpha value is -0.870. The van der Waals surface area contributed by atoms with E-state index in [2.05, 4.69) is 19.9 Å². The number of piperidine rings is 1. The number of carbonyl (C=O) groups is 1. The molecule has 2 fully saturated rings. The molecule has 22 heavy (non-hydrogen) atoms. The molecule has 1 saturated heterocycles. The lowest BCUT2D eigenvalue weighted by Gasteiger charge is -2.48. The van der Waals surface area contributed by atoms with Gasteiger partial charge >= 0.3 is 0 Å². The van der Waals surface area contributed by atoms with E-state index in [-0.39, 0.29) is 23.3 Å². The fourth-order valence-corrected chi connectivity index (χ4v) is 3.80. The van der Waals surface area contributed by atoms with E-state index in [0.29, 0.717) is 13.2 Å². The molecule has 2 aliphatic rings. The van der Waals surface area contributed by atoms with E-state index >= 15 is 0 Å². The largest absolute Gasteiger partial charge is 0.396 e. The summed E-state index contributed by atoms with van der Waals surface area (Å²) in [6.45, 7) is 6.34. The third-order valence-electron chi connectivity index (χ3n) is 5.41. The van der Waals surface area contributed by atoms with Gasteiger partial charge in [0.25, 0.3) is 0 Å². The Morgan fingerprint density at radius 3 is 2.50 bits per heavy atom. The zero-order valence-corrected chi connectivity index (χ0v) is 14.4. The van der Waals surface area contributed by atoms with E-state index in [1.807, 2.05) is 4.90 Å². The van der Waals surface area contributed by atoms with E-state index in [9.17, 15) is 9.90 Å². The highest BCUT2D eigenvalue weighted by molar-refractivity contribution is 5.84. The first-order valence-corrected chi connectivity index (χ1v) is 8.50. The van der Waals surface area contributed by atoms with Crippen LogP contribution in [0.1, 0.15) is 52.4 Å². The van der Waals surface area contributed by atoms with Gasteiger partial charge in [-0.25, -0.2) is 0 Å². The van der Waals surface area contributed by atoms with E-state index in [0.717, 1.165) is 45.1 Å². The summed E-state index contributed by atoms with van der Waals surface area (Å²) in [6, 6.07) is 0. The number of hydrogen-bond acceptors (Lipinski definition) is 3. The van der Waals surface area contributed by atoms with Crippen LogP contribution in [0.5, 0.6) is 0 Å². The molecular formula is C18H31NO3. The van der Waals surface area contributed by atoms with Crippen LogP contribution in [-0.4, -0.2) is 49.3 Å². The maximum Gasteiger partial charge on any atom is 0.231 e. The van der Waals surface area contributed by atoms with Crippen molar-refractivity contribution in [3.63, 3.8) is 0 Å². The topological polar surface area (TPSA) is 49.8 Å². The van der Waals surface area contributed by atoms with Crippen LogP contribution in [0.3, 0.4) is 0 Å². The molecule has 4 heteroatoms. The summed E-state index contributed by atoms with van der Waals surface area (Å²) in [5.41, 5.74) is 0.818. The summed E-state index contributed by atoms with van der Waals surface area (Å²) in [5.74, 6) is 0.246. The summed E-state index contributed by atoms with van der Waals surface area (Å²) in [5, 5.41) is 9.94. The van der Waals surface area contributed by atoms with Gasteiger partial charge in [-0.2, -0.15) is 0 Å². The van der Waals surface area contributed by atoms with Gasteiger partial charge in [0.2, 0.25) is 5.91 Å². The number of aliphatic hydroxyl groups excluding tert-OH is 1. The monoisotopic (exact) mass is 309 g/mol. The van der Waals surface area contributed by atoms with E-state index in [1.165, 1.54) is 5.57 Å². The van der Waals surface area contributed by atoms with Crippen molar-refractivity contribution in [2.24, 2.45) is 10.8 Å². The Morgan fingerprint density at radius 1 is 1.27 bits per heavy atom. The van der Waals surface area contributed by atoms with Crippen molar-refractivity contribution in [1.82, 2.24) is 4.90 Å². The molecule has 1 heterocycles. The highest BCUT2D eigenvalue weighted by Crippen LogP contribution is 2.44. The molecule has 0 radical (unpaired) electrons. The van der Waals surface area contributed by atoms with Gasteiger partial charge in [0, 0.05) is 25.6 Å². The molecule has 0 aromatic carbocycles. The fraction of sp³-hybridized carbons (Fsp3) is 0.833. The SMILES string of the molecule is COCC1(C(=O)N2CCCC(CO)(CC=C(C)C)C2)CCC1. The minimum absolute atomic E-state index is 0.151. The summed E-state index contributed by atoms with van der Waals surface area (Å²) < 4.78 is 5.31. The number of methoxy groups -OCH3 is 1. The Bertz CT molecular complexity index is 424. The van der Waals surface area contributed by atoms with Gasteiger partial charge in [0.05, 0.1) is 18.6 Å². The van der Waals surface area contributed by atoms with Gasteiger partial charge in [-0.1, -0.05) is 18.1 Å². The molecule has 1 aliphatic heterocycles. The minimum Gasteiger partial charge on any atom is -0.396 e. The number of allylic oxidation sites excluding steroid dienone is 2. The number of carbonyl (C=O) groups excluding carboxylic acids is 1. The molecule has 1 saturated carbocycles. The molecule has 0 bridgehead atoms. The number of nitrogens with zero attached hydrogens (tertiary/aromatic N) is 1. The van der Waals surface area contributed by atoms with Crippen LogP contribution >= 0.6 is 0 Å². The lowest BCUT2D eigenvalue weighted by molar-refractivity contribution is -0.156. The van der Waals surface area contributed by atoms with Gasteiger partial charge in [0.1, 0.15) is 0 Å². The number of hydrogen-bond donors (Lipinski definition) is 1. The molecule has 0 aromatic heterocycles. The molecule has 0 spiro atoms. The van der Waals surface area contributed by atoms with Crippen molar-refractivity contribution in [2.45, 2.75) is 52.4 Å². The lowest BCUT2D eigenvalue weighted by atomic mass is 9.67. The standard InChI is InChI=1S/C18H31NO3/c1-15(2)6-10-17(13-20)7-5-11-19(12-17)16(21)18(14-22-3)8-4-9-18/h6,20H,4-5,7-14H2,1-3H3. The molecular weight excluding hydrogens is 278 g/mol. The van der Waals surface area contributed by atoms with Gasteiger partial charge in [0.15, 0.2) is 0 Å². The zero-order chi connectivity index (χ0) is 16.2. The first-order valence-electron chi connectivity index (χ1n) is 8.50. The van der Waals surface area contributed by atoms with Gasteiger partial charge in [-0.05, 0) is 46.0 Å². The number of amides is 1. The Morgan fingerprint density at radius 2 is 2.00 bits per heavy atom. The van der Waals surface area contributed by atoms with Crippen LogP contribution in [0.15, 0.2) is 11.6 Å². The quantitative estimate of drug-likeness (QED) is 0.768. The van der Waals surface area contributed by atoms with Gasteiger partial charge in [-0.3, -0.25) is 4.79 Å². The second-order valence-electron chi connectivity index (χ2n) is 7.54. The molecule has 126 valence electrons. The van der Waals surface area contributed by atoms with Crippen LogP contribution in [0, 0.1) is 10.8 Å². The van der Waals surface area contributed by atoms with Crippen molar-refractivity contribution in [3.05, 3.63) is 11.6 Å². The summed E-state index contributed by atoms with van der Waals surface area (Å²) in [6.07, 6.45) is 8.02. The Labute approximate surface area is 134 Å². The number of likely N-dealkylation sites (tertiary alicyclic amines) is 1. The van der Waals surface area contributed by atoms with Crippen LogP contribution in [0.25, 0.3) is 0 Å². The Balaban J connectivity index is 2.08. The van der Waals surface area contributed by atoms with E-state index < -0.39 is 0 Å². The molecule has 1 aliphatic carbocycles. The minimum atomic E-state index is -0.288. The molecule has 1 amide bonds. The average Bonchev–Trinajstić information content (AvgIpc) is 2.48. The number of ether oxygens (including phenoxy) is 1. The number of rotatable bonds is 6. The third kappa shape index (κ3) is 3.54. The third-order valence-corrected chi connectivity index (χ3v) is 5.41. The van der Waals surface area contributed by atoms with E-state index in [1.54, 1.807) is 7.11 Å². The fourth-order valence-electron chi connectivity index (χ4n) is 3.80. The molecule has 1 unspecified atom stereocenters. The maximum absolute atomic E-state index is 13.0. The second kappa shape index (κ2) is 7.14. The van der Waals surface area contributed by atoms with Crippen LogP contribution in [0.4, 0.5) is 0 Å². The summed E-state index contributed by atoms with van der Waals surface area (Å²) in [4.78, 5) is 15.0. The van der Waals surface area contributed by atoms with Gasteiger partial charge in [-0.15, -0.1) is 0 Å². The van der Waals surface area contributed by atoms with Crippen molar-refractivity contribution >= 4 is 5.91 Å². The molecule has 1 N–H and O–H groups in total. The van der Waals surface area contributed by atoms with Crippen LogP contribution in [-0.2, 0) is 9.53 Å². The molecule has 0 aromatic rings. The molecule has 1 atom stereocenters. The van der Waals surface area contributed by atoms with Crippen molar-refractivity contribution in [3.8, 4) is 0 Å². The highest BCUT2D eigenvalue weighted by atomic mass is 16.5. The Kier molecular flexibility index (Phi) is 5.67. The molecule has 2 rings (SSSR count). The maximum atomic E-state index is 13.0. The normalized spacial score (nSPS) is 27.2. The van der Waals surface area contributed by atoms with Gasteiger partial charge < -0.3 is 14.7 Å². The molecule has 4 nitrogen and oxygen atoms in total. The smallest absolute Gasteiger partial charge is 0.231 e. The predicted molar refractivity (Wildman–Crippen MR) is 87.5 cm³/mol.